The molecule has 4 saturated heterocycles. The molecule has 0 radical (unpaired) electrons. The molecular formula is C28H48N2O19. The van der Waals surface area contributed by atoms with Gasteiger partial charge in [-0.15, -0.1) is 0 Å². The summed E-state index contributed by atoms with van der Waals surface area (Å²) in [6.07, 6.45) is -29.0. The van der Waals surface area contributed by atoms with E-state index in [0.29, 0.717) is 0 Å². The van der Waals surface area contributed by atoms with Crippen molar-refractivity contribution in [2.75, 3.05) is 13.2 Å². The maximum atomic E-state index is 12.3. The Kier molecular flexibility index (Phi) is 13.7. The van der Waals surface area contributed by atoms with E-state index in [2.05, 4.69) is 10.6 Å². The molecule has 20 atom stereocenters. The minimum atomic E-state index is -1.88. The average molecular weight is 717 g/mol. The minimum absolute atomic E-state index is 0.676. The lowest BCUT2D eigenvalue weighted by atomic mass is 9.94. The molecule has 49 heavy (non-hydrogen) atoms. The van der Waals surface area contributed by atoms with Gasteiger partial charge in [0, 0.05) is 13.8 Å². The van der Waals surface area contributed by atoms with Crippen molar-refractivity contribution in [3.05, 3.63) is 0 Å². The molecule has 0 saturated carbocycles. The van der Waals surface area contributed by atoms with E-state index in [9.17, 15) is 60.7 Å². The topological polar surface area (TPSA) is 325 Å². The molecule has 4 fully saturated rings. The number of amides is 2. The van der Waals surface area contributed by atoms with Crippen LogP contribution in [0.4, 0.5) is 0 Å². The van der Waals surface area contributed by atoms with Crippen molar-refractivity contribution in [2.24, 2.45) is 0 Å². The Morgan fingerprint density at radius 3 is 1.61 bits per heavy atom. The first-order valence-corrected chi connectivity index (χ1v) is 15.8. The fraction of sp³-hybridized carbons (Fsp3) is 0.929. The van der Waals surface area contributed by atoms with Crippen LogP contribution in [0, 0.1) is 0 Å². The van der Waals surface area contributed by atoms with Gasteiger partial charge in [-0.2, -0.15) is 0 Å². The second kappa shape index (κ2) is 16.7. The Morgan fingerprint density at radius 2 is 1.04 bits per heavy atom. The molecule has 0 aromatic rings. The van der Waals surface area contributed by atoms with E-state index in [0.717, 1.165) is 13.8 Å². The summed E-state index contributed by atoms with van der Waals surface area (Å²) in [4.78, 5) is 24.3. The fourth-order valence-electron chi connectivity index (χ4n) is 6.22. The van der Waals surface area contributed by atoms with Crippen LogP contribution in [0.25, 0.3) is 0 Å². The van der Waals surface area contributed by atoms with Crippen LogP contribution < -0.4 is 10.6 Å². The van der Waals surface area contributed by atoms with Crippen LogP contribution in [0.5, 0.6) is 0 Å². The summed E-state index contributed by atoms with van der Waals surface area (Å²) in [5, 5.41) is 110. The van der Waals surface area contributed by atoms with Crippen molar-refractivity contribution < 1.29 is 93.8 Å². The first-order valence-electron chi connectivity index (χ1n) is 15.8. The lowest BCUT2D eigenvalue weighted by Crippen LogP contribution is -2.71. The fourth-order valence-corrected chi connectivity index (χ4v) is 6.22. The molecule has 4 aliphatic heterocycles. The van der Waals surface area contributed by atoms with Crippen molar-refractivity contribution >= 4 is 11.8 Å². The SMILES string of the molecule is CC(=O)N[C@@H]1[C@@H](O[C@@H]2O[C@@H](C)[C@@H](O)[C@@H](O)[C@@H]2O[C@@H]2O[C@@H](C)[C@@H](O)[C@@H](O)[C@@H]2O)[C@H](O[C@@H]2O[C@H](CO)[C@H](O)[C@H](O)[C@H]2NC(C)=O)[C@@H](CO)O[C@H]1O. The number of aliphatic hydroxyl groups excluding tert-OH is 10. The zero-order valence-electron chi connectivity index (χ0n) is 27.1. The normalized spacial score (nSPS) is 49.3. The van der Waals surface area contributed by atoms with E-state index in [4.69, 9.17) is 33.2 Å². The predicted octanol–water partition coefficient (Wildman–Crippen LogP) is -7.41. The standard InChI is InChI=1S/C28H48N2O19/c1-7-15(35)19(39)21(41)27(43-7)49-24-20(40)16(36)8(2)44-28(24)48-23-14(30-10(4)34)25(42)45-12(6-32)22(23)47-26-13(29-9(3)33)18(38)17(37)11(5-31)46-26/h7-8,11-28,31-32,35-42H,5-6H2,1-4H3,(H,29,33)(H,30,34)/t7-,8-,11+,12+,13+,14+,15+,16+,17-,18+,19+,20+,21-,22+,23+,24-,25+,26-,27-,28-/m0/s1. The number of aliphatic hydroxyl groups is 10. The second-order valence-electron chi connectivity index (χ2n) is 12.6. The molecule has 0 spiro atoms. The molecule has 0 aliphatic carbocycles. The van der Waals surface area contributed by atoms with Gasteiger partial charge in [-0.25, -0.2) is 0 Å². The van der Waals surface area contributed by atoms with Gasteiger partial charge in [-0.05, 0) is 13.8 Å². The summed E-state index contributed by atoms with van der Waals surface area (Å²) < 4.78 is 40.6. The lowest BCUT2D eigenvalue weighted by molar-refractivity contribution is -0.385. The average Bonchev–Trinajstić information content (AvgIpc) is 3.04. The zero-order chi connectivity index (χ0) is 36.5. The largest absolute Gasteiger partial charge is 0.394 e. The molecule has 12 N–H and O–H groups in total. The van der Waals surface area contributed by atoms with E-state index < -0.39 is 148 Å². The van der Waals surface area contributed by atoms with Gasteiger partial charge in [0.25, 0.3) is 0 Å². The van der Waals surface area contributed by atoms with E-state index in [1.165, 1.54) is 13.8 Å². The van der Waals surface area contributed by atoms with Gasteiger partial charge in [0.15, 0.2) is 25.2 Å². The van der Waals surface area contributed by atoms with Gasteiger partial charge in [-0.3, -0.25) is 9.59 Å². The molecule has 2 amide bonds. The van der Waals surface area contributed by atoms with Crippen molar-refractivity contribution in [1.29, 1.82) is 0 Å². The van der Waals surface area contributed by atoms with Gasteiger partial charge in [0.05, 0.1) is 25.4 Å². The third-order valence-electron chi connectivity index (χ3n) is 8.93. The molecular weight excluding hydrogens is 668 g/mol. The number of nitrogens with one attached hydrogen (secondary N) is 2. The number of carbonyl (C=O) groups excluding carboxylic acids is 2. The highest BCUT2D eigenvalue weighted by atomic mass is 16.8. The molecule has 0 bridgehead atoms. The molecule has 0 aromatic heterocycles. The molecule has 4 heterocycles. The summed E-state index contributed by atoms with van der Waals surface area (Å²) in [5.41, 5.74) is 0. The molecule has 4 rings (SSSR count). The van der Waals surface area contributed by atoms with E-state index in [-0.39, 0.29) is 0 Å². The minimum Gasteiger partial charge on any atom is -0.394 e. The summed E-state index contributed by atoms with van der Waals surface area (Å²) in [5.74, 6) is -1.38. The summed E-state index contributed by atoms with van der Waals surface area (Å²) in [7, 11) is 0. The summed E-state index contributed by atoms with van der Waals surface area (Å²) in [6.45, 7) is 3.31. The monoisotopic (exact) mass is 716 g/mol. The van der Waals surface area contributed by atoms with Crippen LogP contribution >= 0.6 is 0 Å². The Hall–Kier alpha value is -1.74. The summed E-state index contributed by atoms with van der Waals surface area (Å²) >= 11 is 0. The van der Waals surface area contributed by atoms with Crippen LogP contribution in [-0.4, -0.2) is 199 Å². The number of hydrogen-bond acceptors (Lipinski definition) is 19. The summed E-state index contributed by atoms with van der Waals surface area (Å²) in [6, 6.07) is -3.01. The molecule has 0 unspecified atom stereocenters. The molecule has 21 nitrogen and oxygen atoms in total. The number of carbonyl (C=O) groups is 2. The van der Waals surface area contributed by atoms with Crippen LogP contribution in [-0.2, 0) is 42.7 Å². The third-order valence-corrected chi connectivity index (χ3v) is 8.93. The maximum absolute atomic E-state index is 12.3. The van der Waals surface area contributed by atoms with Gasteiger partial charge in [0.2, 0.25) is 11.8 Å². The van der Waals surface area contributed by atoms with Crippen LogP contribution in [0.2, 0.25) is 0 Å². The third kappa shape index (κ3) is 8.67. The van der Waals surface area contributed by atoms with Gasteiger partial charge >= 0.3 is 0 Å². The van der Waals surface area contributed by atoms with E-state index in [1.807, 2.05) is 0 Å². The molecule has 0 aromatic carbocycles. The Bertz CT molecular complexity index is 1110. The number of rotatable bonds is 10. The quantitative estimate of drug-likeness (QED) is 0.0999. The van der Waals surface area contributed by atoms with Gasteiger partial charge in [-0.1, -0.05) is 0 Å². The van der Waals surface area contributed by atoms with Crippen molar-refractivity contribution in [3.63, 3.8) is 0 Å². The second-order valence-corrected chi connectivity index (χ2v) is 12.6. The Labute approximate surface area is 280 Å². The van der Waals surface area contributed by atoms with Gasteiger partial charge < -0.3 is 94.9 Å². The molecule has 21 heteroatoms. The van der Waals surface area contributed by atoms with E-state index in [1.54, 1.807) is 0 Å². The number of ether oxygens (including phenoxy) is 7. The van der Waals surface area contributed by atoms with Crippen molar-refractivity contribution in [3.8, 4) is 0 Å². The van der Waals surface area contributed by atoms with E-state index >= 15 is 0 Å². The van der Waals surface area contributed by atoms with Crippen molar-refractivity contribution in [1.82, 2.24) is 10.6 Å². The number of hydrogen-bond donors (Lipinski definition) is 12. The highest BCUT2D eigenvalue weighted by Gasteiger charge is 2.56. The van der Waals surface area contributed by atoms with Crippen LogP contribution in [0.3, 0.4) is 0 Å². The zero-order valence-corrected chi connectivity index (χ0v) is 27.1. The van der Waals surface area contributed by atoms with Crippen LogP contribution in [0.15, 0.2) is 0 Å². The Balaban J connectivity index is 1.71. The maximum Gasteiger partial charge on any atom is 0.217 e. The first-order chi connectivity index (χ1) is 23.0. The van der Waals surface area contributed by atoms with Crippen molar-refractivity contribution in [2.45, 2.75) is 150 Å². The first kappa shape index (κ1) is 40.0. The highest BCUT2D eigenvalue weighted by molar-refractivity contribution is 5.73. The Morgan fingerprint density at radius 1 is 0.531 bits per heavy atom. The van der Waals surface area contributed by atoms with Crippen LogP contribution in [0.1, 0.15) is 27.7 Å². The van der Waals surface area contributed by atoms with Gasteiger partial charge in [0.1, 0.15) is 85.3 Å². The molecule has 284 valence electrons. The smallest absolute Gasteiger partial charge is 0.217 e. The predicted molar refractivity (Wildman–Crippen MR) is 154 cm³/mol. The lowest BCUT2D eigenvalue weighted by Gasteiger charge is -2.50. The highest BCUT2D eigenvalue weighted by Crippen LogP contribution is 2.35. The molecule has 4 aliphatic rings.